The average Bonchev–Trinajstić information content (AvgIpc) is 3.43. The van der Waals surface area contributed by atoms with E-state index in [4.69, 9.17) is 26.2 Å². The largest absolute Gasteiger partial charge is 0.493 e. The molecule has 2 atom stereocenters. The summed E-state index contributed by atoms with van der Waals surface area (Å²) in [5.74, 6) is 1.10. The Balaban J connectivity index is 0.000000858. The molecule has 8 nitrogen and oxygen atoms in total. The highest BCUT2D eigenvalue weighted by Crippen LogP contribution is 2.30. The molecule has 4 rings (SSSR count). The Morgan fingerprint density at radius 2 is 2.19 bits per heavy atom. The molecule has 9 heteroatoms. The van der Waals surface area contributed by atoms with Gasteiger partial charge < -0.3 is 19.3 Å². The monoisotopic (exact) mass is 448 g/mol. The number of carboxylic acid groups (broad SMARTS) is 1. The van der Waals surface area contributed by atoms with E-state index in [2.05, 4.69) is 14.8 Å². The summed E-state index contributed by atoms with van der Waals surface area (Å²) < 4.78 is 8.11. The highest BCUT2D eigenvalue weighted by atomic mass is 35.5. The van der Waals surface area contributed by atoms with Crippen molar-refractivity contribution >= 4 is 24.0 Å². The number of benzene rings is 1. The van der Waals surface area contributed by atoms with Gasteiger partial charge in [0.2, 0.25) is 5.91 Å². The van der Waals surface area contributed by atoms with Gasteiger partial charge in [-0.25, -0.2) is 4.98 Å². The summed E-state index contributed by atoms with van der Waals surface area (Å²) in [6.45, 7) is 5.75. The third kappa shape index (κ3) is 5.98. The Labute approximate surface area is 187 Å². The topological polar surface area (TPSA) is 87.9 Å². The second-order valence-corrected chi connectivity index (χ2v) is 8.23. The highest BCUT2D eigenvalue weighted by molar-refractivity contribution is 6.30. The van der Waals surface area contributed by atoms with Gasteiger partial charge in [0.25, 0.3) is 6.47 Å². The van der Waals surface area contributed by atoms with Gasteiger partial charge in [-0.2, -0.15) is 0 Å². The van der Waals surface area contributed by atoms with E-state index in [-0.39, 0.29) is 18.4 Å². The fraction of sp³-hybridized carbons (Fsp3) is 0.500. The lowest BCUT2D eigenvalue weighted by Crippen LogP contribution is -2.58. The fourth-order valence-corrected chi connectivity index (χ4v) is 4.42. The Morgan fingerprint density at radius 3 is 2.94 bits per heavy atom. The molecule has 168 valence electrons. The number of halogens is 1. The Kier molecular flexibility index (Phi) is 8.31. The van der Waals surface area contributed by atoms with Crippen LogP contribution in [0, 0.1) is 0 Å². The van der Waals surface area contributed by atoms with Gasteiger partial charge in [-0.3, -0.25) is 14.5 Å². The quantitative estimate of drug-likeness (QED) is 0.517. The third-order valence-corrected chi connectivity index (χ3v) is 6.02. The van der Waals surface area contributed by atoms with Gasteiger partial charge in [0, 0.05) is 55.2 Å². The van der Waals surface area contributed by atoms with Gasteiger partial charge in [-0.05, 0) is 44.4 Å². The predicted octanol–water partition coefficient (Wildman–Crippen LogP) is 2.90. The minimum atomic E-state index is -0.250. The van der Waals surface area contributed by atoms with E-state index >= 15 is 0 Å². The molecule has 0 saturated carbocycles. The summed E-state index contributed by atoms with van der Waals surface area (Å²) >= 11 is 6.26. The van der Waals surface area contributed by atoms with E-state index in [0.717, 1.165) is 50.2 Å². The highest BCUT2D eigenvalue weighted by Gasteiger charge is 2.40. The fourth-order valence-electron chi connectivity index (χ4n) is 4.22. The van der Waals surface area contributed by atoms with E-state index in [0.29, 0.717) is 24.2 Å². The van der Waals surface area contributed by atoms with E-state index in [1.165, 1.54) is 0 Å². The van der Waals surface area contributed by atoms with Crippen molar-refractivity contribution in [3.8, 4) is 5.75 Å². The van der Waals surface area contributed by atoms with Crippen LogP contribution >= 0.6 is 11.6 Å². The Hall–Kier alpha value is -2.58. The van der Waals surface area contributed by atoms with E-state index in [1.807, 2.05) is 42.2 Å². The van der Waals surface area contributed by atoms with E-state index in [9.17, 15) is 4.79 Å². The van der Waals surface area contributed by atoms with Crippen molar-refractivity contribution < 1.29 is 19.4 Å². The number of hydrogen-bond donors (Lipinski definition) is 1. The first-order valence-electron chi connectivity index (χ1n) is 10.5. The SMILES string of the molecule is C[C@H]1C(=O)N2CCC[C@H]2CN1Cc1cc(Cl)ccc1OCCCn1ccnc1.O=CO. The smallest absolute Gasteiger partial charge is 0.290 e. The molecule has 1 amide bonds. The molecule has 31 heavy (non-hydrogen) atoms. The van der Waals surface area contributed by atoms with Gasteiger partial charge >= 0.3 is 0 Å². The van der Waals surface area contributed by atoms with Crippen LogP contribution in [0.1, 0.15) is 31.7 Å². The molecule has 0 spiro atoms. The summed E-state index contributed by atoms with van der Waals surface area (Å²) in [5, 5.41) is 7.58. The lowest BCUT2D eigenvalue weighted by molar-refractivity contribution is -0.143. The standard InChI is InChI=1S/C21H27ClN4O2.CH2O2/c1-16-21(27)26-9-2-4-19(26)14-25(16)13-17-12-18(22)5-6-20(17)28-11-3-8-24-10-7-23-15-24;2-1-3/h5-7,10,12,15-16,19H,2-4,8-9,11,13-14H2,1H3;1H,(H,2,3)/t16-,19-;/m0./s1. The molecule has 1 aromatic heterocycles. The maximum atomic E-state index is 12.7. The van der Waals surface area contributed by atoms with Gasteiger partial charge in [-0.1, -0.05) is 11.6 Å². The molecule has 2 fully saturated rings. The number of carbonyl (C=O) groups is 2. The molecule has 0 radical (unpaired) electrons. The van der Waals surface area contributed by atoms with Crippen molar-refractivity contribution in [2.45, 2.75) is 51.4 Å². The second kappa shape index (κ2) is 11.2. The van der Waals surface area contributed by atoms with Crippen LogP contribution in [-0.4, -0.2) is 68.6 Å². The van der Waals surface area contributed by atoms with Crippen LogP contribution in [0.3, 0.4) is 0 Å². The van der Waals surface area contributed by atoms with Crippen LogP contribution < -0.4 is 4.74 Å². The lowest BCUT2D eigenvalue weighted by Gasteiger charge is -2.41. The van der Waals surface area contributed by atoms with Crippen molar-refractivity contribution in [3.63, 3.8) is 0 Å². The summed E-state index contributed by atoms with van der Waals surface area (Å²) in [7, 11) is 0. The molecule has 2 saturated heterocycles. The zero-order valence-electron chi connectivity index (χ0n) is 17.7. The number of fused-ring (bicyclic) bond motifs is 1. The summed E-state index contributed by atoms with van der Waals surface area (Å²) in [6, 6.07) is 6.00. The molecule has 1 aromatic carbocycles. The van der Waals surface area contributed by atoms with Crippen molar-refractivity contribution in [2.24, 2.45) is 0 Å². The summed E-state index contributed by atoms with van der Waals surface area (Å²) in [4.78, 5) is 29.4. The zero-order chi connectivity index (χ0) is 22.2. The van der Waals surface area contributed by atoms with E-state index < -0.39 is 0 Å². The number of aromatic nitrogens is 2. The number of carbonyl (C=O) groups excluding carboxylic acids is 1. The normalized spacial score (nSPS) is 20.7. The predicted molar refractivity (Wildman–Crippen MR) is 117 cm³/mol. The second-order valence-electron chi connectivity index (χ2n) is 7.79. The van der Waals surface area contributed by atoms with Crippen LogP contribution in [0.2, 0.25) is 5.02 Å². The molecule has 2 aliphatic heterocycles. The van der Waals surface area contributed by atoms with Crippen molar-refractivity contribution in [2.75, 3.05) is 19.7 Å². The molecule has 3 heterocycles. The molecule has 0 bridgehead atoms. The summed E-state index contributed by atoms with van der Waals surface area (Å²) in [5.41, 5.74) is 1.04. The van der Waals surface area contributed by atoms with Crippen LogP contribution in [0.4, 0.5) is 0 Å². The van der Waals surface area contributed by atoms with Crippen LogP contribution in [0.25, 0.3) is 0 Å². The van der Waals surface area contributed by atoms with Crippen molar-refractivity contribution in [3.05, 3.63) is 47.5 Å². The molecule has 0 aliphatic carbocycles. The number of hydrogen-bond acceptors (Lipinski definition) is 5. The minimum Gasteiger partial charge on any atom is -0.493 e. The van der Waals surface area contributed by atoms with Gasteiger partial charge in [-0.15, -0.1) is 0 Å². The Morgan fingerprint density at radius 1 is 1.39 bits per heavy atom. The molecule has 0 unspecified atom stereocenters. The van der Waals surface area contributed by atoms with Crippen LogP contribution in [0.15, 0.2) is 36.9 Å². The first-order valence-corrected chi connectivity index (χ1v) is 10.9. The number of nitrogens with zero attached hydrogens (tertiary/aromatic N) is 4. The minimum absolute atomic E-state index is 0.109. The number of aryl methyl sites for hydroxylation is 1. The number of ether oxygens (including phenoxy) is 1. The maximum Gasteiger partial charge on any atom is 0.290 e. The molecular weight excluding hydrogens is 420 g/mol. The molecular formula is C22H29ClN4O4. The molecule has 2 aromatic rings. The summed E-state index contributed by atoms with van der Waals surface area (Å²) in [6.07, 6.45) is 8.66. The van der Waals surface area contributed by atoms with Crippen LogP contribution in [-0.2, 0) is 22.7 Å². The third-order valence-electron chi connectivity index (χ3n) is 5.78. The van der Waals surface area contributed by atoms with Crippen LogP contribution in [0.5, 0.6) is 5.75 Å². The van der Waals surface area contributed by atoms with Crippen molar-refractivity contribution in [1.82, 2.24) is 19.4 Å². The molecule has 2 aliphatic rings. The lowest BCUT2D eigenvalue weighted by atomic mass is 10.1. The van der Waals surface area contributed by atoms with Gasteiger partial charge in [0.15, 0.2) is 0 Å². The number of imidazole rings is 1. The first kappa shape index (κ1) is 23.1. The zero-order valence-corrected chi connectivity index (χ0v) is 18.4. The number of amides is 1. The maximum absolute atomic E-state index is 12.7. The average molecular weight is 449 g/mol. The first-order chi connectivity index (χ1) is 15.0. The van der Waals surface area contributed by atoms with E-state index in [1.54, 1.807) is 6.20 Å². The number of rotatable bonds is 7. The van der Waals surface area contributed by atoms with Gasteiger partial charge in [0.05, 0.1) is 19.0 Å². The number of piperazine rings is 1. The Bertz CT molecular complexity index is 861. The van der Waals surface area contributed by atoms with Gasteiger partial charge in [0.1, 0.15) is 5.75 Å². The molecule has 1 N–H and O–H groups in total. The van der Waals surface area contributed by atoms with Crippen molar-refractivity contribution in [1.29, 1.82) is 0 Å².